The van der Waals surface area contributed by atoms with Crippen LogP contribution in [-0.4, -0.2) is 19.7 Å². The summed E-state index contributed by atoms with van der Waals surface area (Å²) in [4.78, 5) is 14.3. The highest BCUT2D eigenvalue weighted by Crippen LogP contribution is 2.21. The van der Waals surface area contributed by atoms with Gasteiger partial charge >= 0.3 is 0 Å². The Morgan fingerprint density at radius 1 is 1.44 bits per heavy atom. The number of hydrogen-bond acceptors (Lipinski definition) is 5. The Hall–Kier alpha value is -2.75. The molecule has 0 saturated heterocycles. The third-order valence-electron chi connectivity index (χ3n) is 2.42. The van der Waals surface area contributed by atoms with Crippen LogP contribution >= 0.6 is 0 Å². The Bertz CT molecular complexity index is 669. The fraction of sp³-hybridized carbons (Fsp3) is 0.182. The Labute approximate surface area is 102 Å². The van der Waals surface area contributed by atoms with E-state index >= 15 is 0 Å². The summed E-state index contributed by atoms with van der Waals surface area (Å²) >= 11 is 0. The van der Waals surface area contributed by atoms with Crippen LogP contribution in [0.25, 0.3) is 5.69 Å². The van der Waals surface area contributed by atoms with Gasteiger partial charge in [0.05, 0.1) is 10.6 Å². The van der Waals surface area contributed by atoms with Crippen LogP contribution in [0, 0.1) is 35.3 Å². The molecule has 0 saturated carbocycles. The standard InChI is InChI=1S/C11H9N5O2/c1-7-13-8(2)15(14-7)10-3-4-11(16(17)18)9(5-10)6-12/h3-5H,1-2H3. The number of nitro benzene ring substituents is 1. The van der Waals surface area contributed by atoms with E-state index in [9.17, 15) is 10.1 Å². The second kappa shape index (κ2) is 4.25. The van der Waals surface area contributed by atoms with Gasteiger partial charge in [0.25, 0.3) is 5.69 Å². The molecule has 0 atom stereocenters. The smallest absolute Gasteiger partial charge is 0.258 e. The molecule has 0 spiro atoms. The molecule has 0 unspecified atom stereocenters. The Balaban J connectivity index is 2.58. The molecule has 90 valence electrons. The van der Waals surface area contributed by atoms with Gasteiger partial charge < -0.3 is 0 Å². The van der Waals surface area contributed by atoms with Crippen molar-refractivity contribution >= 4 is 5.69 Å². The van der Waals surface area contributed by atoms with Crippen LogP contribution < -0.4 is 0 Å². The van der Waals surface area contributed by atoms with Crippen molar-refractivity contribution in [2.75, 3.05) is 0 Å². The van der Waals surface area contributed by atoms with Gasteiger partial charge in [0.1, 0.15) is 23.3 Å². The summed E-state index contributed by atoms with van der Waals surface area (Å²) in [7, 11) is 0. The molecule has 2 rings (SSSR count). The van der Waals surface area contributed by atoms with Gasteiger partial charge in [0.15, 0.2) is 0 Å². The van der Waals surface area contributed by atoms with Gasteiger partial charge in [-0.25, -0.2) is 9.67 Å². The van der Waals surface area contributed by atoms with Crippen molar-refractivity contribution in [3.05, 3.63) is 45.5 Å². The monoisotopic (exact) mass is 243 g/mol. The highest BCUT2D eigenvalue weighted by Gasteiger charge is 2.15. The van der Waals surface area contributed by atoms with Gasteiger partial charge in [0, 0.05) is 6.07 Å². The van der Waals surface area contributed by atoms with Crippen molar-refractivity contribution in [2.24, 2.45) is 0 Å². The number of nitro groups is 1. The van der Waals surface area contributed by atoms with Crippen molar-refractivity contribution < 1.29 is 4.92 Å². The first-order chi connectivity index (χ1) is 8.52. The SMILES string of the molecule is Cc1nc(C)n(-c2ccc([N+](=O)[O-])c(C#N)c2)n1. The predicted octanol–water partition coefficient (Wildman–Crippen LogP) is 1.66. The van der Waals surface area contributed by atoms with Crippen molar-refractivity contribution in [1.82, 2.24) is 14.8 Å². The third-order valence-corrected chi connectivity index (χ3v) is 2.42. The zero-order valence-electron chi connectivity index (χ0n) is 9.78. The van der Waals surface area contributed by atoms with Crippen molar-refractivity contribution in [2.45, 2.75) is 13.8 Å². The summed E-state index contributed by atoms with van der Waals surface area (Å²) in [6.45, 7) is 3.52. The number of aromatic nitrogens is 3. The molecule has 18 heavy (non-hydrogen) atoms. The maximum absolute atomic E-state index is 10.7. The van der Waals surface area contributed by atoms with Crippen LogP contribution in [0.3, 0.4) is 0 Å². The molecular weight excluding hydrogens is 234 g/mol. The number of nitrogens with zero attached hydrogens (tertiary/aromatic N) is 5. The lowest BCUT2D eigenvalue weighted by Crippen LogP contribution is -2.01. The molecule has 0 N–H and O–H groups in total. The topological polar surface area (TPSA) is 97.6 Å². The summed E-state index contributed by atoms with van der Waals surface area (Å²) < 4.78 is 1.54. The molecule has 7 heteroatoms. The van der Waals surface area contributed by atoms with E-state index in [1.165, 1.54) is 12.1 Å². The van der Waals surface area contributed by atoms with E-state index in [1.54, 1.807) is 24.6 Å². The average molecular weight is 243 g/mol. The minimum absolute atomic E-state index is 0.00468. The summed E-state index contributed by atoms with van der Waals surface area (Å²) in [5, 5.41) is 23.8. The van der Waals surface area contributed by atoms with E-state index in [0.717, 1.165) is 0 Å². The number of aryl methyl sites for hydroxylation is 2. The summed E-state index contributed by atoms with van der Waals surface area (Å²) in [6, 6.07) is 6.08. The van der Waals surface area contributed by atoms with Gasteiger partial charge in [-0.15, -0.1) is 0 Å². The average Bonchev–Trinajstić information content (AvgIpc) is 2.67. The third kappa shape index (κ3) is 1.91. The van der Waals surface area contributed by atoms with Crippen LogP contribution in [0.15, 0.2) is 18.2 Å². The Morgan fingerprint density at radius 3 is 2.67 bits per heavy atom. The zero-order chi connectivity index (χ0) is 13.3. The molecular formula is C11H9N5O2. The molecule has 0 radical (unpaired) electrons. The van der Waals surface area contributed by atoms with E-state index in [4.69, 9.17) is 5.26 Å². The van der Waals surface area contributed by atoms with Gasteiger partial charge in [-0.05, 0) is 26.0 Å². The maximum atomic E-state index is 10.7. The minimum atomic E-state index is -0.582. The number of benzene rings is 1. The van der Waals surface area contributed by atoms with Crippen LogP contribution in [0.1, 0.15) is 17.2 Å². The van der Waals surface area contributed by atoms with Crippen molar-refractivity contribution in [3.63, 3.8) is 0 Å². The highest BCUT2D eigenvalue weighted by molar-refractivity contribution is 5.54. The lowest BCUT2D eigenvalue weighted by Gasteiger charge is -2.03. The molecule has 0 aliphatic carbocycles. The quantitative estimate of drug-likeness (QED) is 0.590. The molecule has 0 fully saturated rings. The summed E-state index contributed by atoms with van der Waals surface area (Å²) in [5.41, 5.74) is 0.371. The molecule has 0 aliphatic heterocycles. The first-order valence-corrected chi connectivity index (χ1v) is 5.12. The van der Waals surface area contributed by atoms with E-state index in [-0.39, 0.29) is 11.3 Å². The van der Waals surface area contributed by atoms with Gasteiger partial charge in [-0.1, -0.05) is 0 Å². The number of rotatable bonds is 2. The first kappa shape index (κ1) is 11.7. The fourth-order valence-corrected chi connectivity index (χ4v) is 1.67. The van der Waals surface area contributed by atoms with Crippen LogP contribution in [-0.2, 0) is 0 Å². The van der Waals surface area contributed by atoms with E-state index in [1.807, 2.05) is 6.07 Å². The van der Waals surface area contributed by atoms with E-state index in [0.29, 0.717) is 17.3 Å². The molecule has 2 aromatic rings. The van der Waals surface area contributed by atoms with E-state index < -0.39 is 4.92 Å². The molecule has 7 nitrogen and oxygen atoms in total. The maximum Gasteiger partial charge on any atom is 0.287 e. The summed E-state index contributed by atoms with van der Waals surface area (Å²) in [5.74, 6) is 1.26. The minimum Gasteiger partial charge on any atom is -0.258 e. The van der Waals surface area contributed by atoms with Crippen molar-refractivity contribution in [1.29, 1.82) is 5.26 Å². The fourth-order valence-electron chi connectivity index (χ4n) is 1.67. The molecule has 1 aromatic heterocycles. The molecule has 1 aromatic carbocycles. The van der Waals surface area contributed by atoms with Crippen LogP contribution in [0.4, 0.5) is 5.69 Å². The second-order valence-corrected chi connectivity index (χ2v) is 3.69. The normalized spacial score (nSPS) is 10.1. The Kier molecular flexibility index (Phi) is 2.77. The van der Waals surface area contributed by atoms with Gasteiger partial charge in [-0.3, -0.25) is 10.1 Å². The lowest BCUT2D eigenvalue weighted by molar-refractivity contribution is -0.385. The number of hydrogen-bond donors (Lipinski definition) is 0. The molecule has 0 aliphatic rings. The number of nitriles is 1. The Morgan fingerprint density at radius 2 is 2.17 bits per heavy atom. The van der Waals surface area contributed by atoms with Crippen molar-refractivity contribution in [3.8, 4) is 11.8 Å². The highest BCUT2D eigenvalue weighted by atomic mass is 16.6. The molecule has 1 heterocycles. The largest absolute Gasteiger partial charge is 0.287 e. The van der Waals surface area contributed by atoms with Crippen LogP contribution in [0.2, 0.25) is 0 Å². The summed E-state index contributed by atoms with van der Waals surface area (Å²) in [6.07, 6.45) is 0. The van der Waals surface area contributed by atoms with Gasteiger partial charge in [0.2, 0.25) is 0 Å². The lowest BCUT2D eigenvalue weighted by atomic mass is 10.2. The van der Waals surface area contributed by atoms with Crippen LogP contribution in [0.5, 0.6) is 0 Å². The second-order valence-electron chi connectivity index (χ2n) is 3.69. The first-order valence-electron chi connectivity index (χ1n) is 5.12. The van der Waals surface area contributed by atoms with E-state index in [2.05, 4.69) is 10.1 Å². The van der Waals surface area contributed by atoms with Gasteiger partial charge in [-0.2, -0.15) is 10.4 Å². The predicted molar refractivity (Wildman–Crippen MR) is 62.2 cm³/mol. The molecule has 0 amide bonds. The zero-order valence-corrected chi connectivity index (χ0v) is 9.78. The molecule has 0 bridgehead atoms.